The number of likely N-dealkylation sites (N-methyl/N-ethyl adjacent to an activating group) is 1. The van der Waals surface area contributed by atoms with Crippen molar-refractivity contribution in [2.75, 3.05) is 24.2 Å². The van der Waals surface area contributed by atoms with Crippen LogP contribution in [0.4, 0.5) is 18.9 Å². The van der Waals surface area contributed by atoms with E-state index in [2.05, 4.69) is 21.2 Å². The highest BCUT2D eigenvalue weighted by Gasteiger charge is 2.35. The Bertz CT molecular complexity index is 1160. The predicted molar refractivity (Wildman–Crippen MR) is 127 cm³/mol. The summed E-state index contributed by atoms with van der Waals surface area (Å²) in [5.41, 5.74) is -0.967. The van der Waals surface area contributed by atoms with Crippen LogP contribution >= 0.6 is 27.5 Å². The van der Waals surface area contributed by atoms with Crippen LogP contribution in [0.5, 0.6) is 0 Å². The van der Waals surface area contributed by atoms with Crippen LogP contribution in [-0.4, -0.2) is 51.0 Å². The van der Waals surface area contributed by atoms with E-state index >= 15 is 0 Å². The molecule has 0 radical (unpaired) electrons. The summed E-state index contributed by atoms with van der Waals surface area (Å²) in [6.45, 7) is 0.604. The van der Waals surface area contributed by atoms with Crippen LogP contribution in [0.2, 0.25) is 5.02 Å². The third kappa shape index (κ3) is 7.09. The smallest absolute Gasteiger partial charge is 0.357 e. The summed E-state index contributed by atoms with van der Waals surface area (Å²) in [4.78, 5) is 26.7. The number of anilines is 1. The minimum atomic E-state index is -4.83. The van der Waals surface area contributed by atoms with Crippen molar-refractivity contribution in [2.45, 2.75) is 25.7 Å². The van der Waals surface area contributed by atoms with Crippen molar-refractivity contribution in [3.8, 4) is 0 Å². The fourth-order valence-electron chi connectivity index (χ4n) is 3.08. The SMILES string of the molecule is CNC(=O)C(C)N(Cc1ccc(Br)cc1)C(=O)CN(c1ccc(Cl)c(C(F)(F)F)c1)S(C)(=O)=O. The number of alkyl halides is 3. The molecule has 0 aromatic heterocycles. The molecule has 1 atom stereocenters. The summed E-state index contributed by atoms with van der Waals surface area (Å²) in [6, 6.07) is 8.46. The zero-order valence-corrected chi connectivity index (χ0v) is 21.5. The fraction of sp³-hybridized carbons (Fsp3) is 0.333. The van der Waals surface area contributed by atoms with Gasteiger partial charge in [0, 0.05) is 18.1 Å². The predicted octanol–water partition coefficient (Wildman–Crippen LogP) is 4.05. The van der Waals surface area contributed by atoms with Crippen LogP contribution < -0.4 is 9.62 Å². The van der Waals surface area contributed by atoms with Gasteiger partial charge in [0.25, 0.3) is 0 Å². The van der Waals surface area contributed by atoms with Gasteiger partial charge in [-0.1, -0.05) is 39.7 Å². The summed E-state index contributed by atoms with van der Waals surface area (Å²) in [5, 5.41) is 1.82. The number of amides is 2. The number of nitrogens with zero attached hydrogens (tertiary/aromatic N) is 2. The van der Waals surface area contributed by atoms with E-state index in [9.17, 15) is 31.2 Å². The van der Waals surface area contributed by atoms with Gasteiger partial charge in [0.05, 0.1) is 22.5 Å². The normalized spacial score (nSPS) is 12.7. The van der Waals surface area contributed by atoms with Crippen LogP contribution in [0.3, 0.4) is 0 Å². The molecule has 7 nitrogen and oxygen atoms in total. The van der Waals surface area contributed by atoms with E-state index in [-0.39, 0.29) is 12.2 Å². The van der Waals surface area contributed by atoms with E-state index in [4.69, 9.17) is 11.6 Å². The third-order valence-electron chi connectivity index (χ3n) is 4.90. The van der Waals surface area contributed by atoms with Gasteiger partial charge >= 0.3 is 6.18 Å². The Hall–Kier alpha value is -2.31. The van der Waals surface area contributed by atoms with Crippen molar-refractivity contribution < 1.29 is 31.2 Å². The molecule has 0 fully saturated rings. The summed E-state index contributed by atoms with van der Waals surface area (Å²) in [7, 11) is -2.80. The highest BCUT2D eigenvalue weighted by Crippen LogP contribution is 2.37. The van der Waals surface area contributed by atoms with E-state index in [0.29, 0.717) is 15.9 Å². The number of benzene rings is 2. The lowest BCUT2D eigenvalue weighted by molar-refractivity contribution is -0.139. The van der Waals surface area contributed by atoms with Gasteiger partial charge in [-0.05, 0) is 42.8 Å². The summed E-state index contributed by atoms with van der Waals surface area (Å²) in [5.74, 6) is -1.28. The maximum Gasteiger partial charge on any atom is 0.417 e. The second-order valence-electron chi connectivity index (χ2n) is 7.37. The molecule has 13 heteroatoms. The molecule has 0 aliphatic carbocycles. The van der Waals surface area contributed by atoms with Gasteiger partial charge < -0.3 is 10.2 Å². The Labute approximate surface area is 209 Å². The number of hydrogen-bond acceptors (Lipinski definition) is 4. The molecule has 0 bridgehead atoms. The highest BCUT2D eigenvalue weighted by molar-refractivity contribution is 9.10. The van der Waals surface area contributed by atoms with Crippen LogP contribution in [0.25, 0.3) is 0 Å². The molecule has 0 saturated carbocycles. The van der Waals surface area contributed by atoms with Gasteiger partial charge in [-0.2, -0.15) is 13.2 Å². The molecule has 186 valence electrons. The average molecular weight is 585 g/mol. The lowest BCUT2D eigenvalue weighted by atomic mass is 10.1. The van der Waals surface area contributed by atoms with Gasteiger partial charge in [0.15, 0.2) is 0 Å². The number of sulfonamides is 1. The lowest BCUT2D eigenvalue weighted by Crippen LogP contribution is -2.50. The first kappa shape index (κ1) is 27.9. The third-order valence-corrected chi connectivity index (χ3v) is 6.90. The van der Waals surface area contributed by atoms with Gasteiger partial charge in [0.1, 0.15) is 12.6 Å². The largest absolute Gasteiger partial charge is 0.417 e. The lowest BCUT2D eigenvalue weighted by Gasteiger charge is -2.31. The number of nitrogens with one attached hydrogen (secondary N) is 1. The minimum absolute atomic E-state index is 0.0350. The first-order chi connectivity index (χ1) is 15.6. The molecule has 0 saturated heterocycles. The van der Waals surface area contributed by atoms with E-state index in [1.165, 1.54) is 14.0 Å². The molecule has 0 aliphatic heterocycles. The Morgan fingerprint density at radius 3 is 2.24 bits per heavy atom. The molecular formula is C21H22BrClF3N3O4S. The molecule has 2 rings (SSSR count). The number of carbonyl (C=O) groups is 2. The monoisotopic (exact) mass is 583 g/mol. The molecule has 1 N–H and O–H groups in total. The fourth-order valence-corrected chi connectivity index (χ4v) is 4.41. The second kappa shape index (κ2) is 11.0. The van der Waals surface area contributed by atoms with Gasteiger partial charge in [-0.25, -0.2) is 8.42 Å². The second-order valence-corrected chi connectivity index (χ2v) is 10.6. The van der Waals surface area contributed by atoms with Gasteiger partial charge in [-0.15, -0.1) is 0 Å². The summed E-state index contributed by atoms with van der Waals surface area (Å²) < 4.78 is 66.2. The Kier molecular flexibility index (Phi) is 9.00. The Balaban J connectivity index is 2.46. The van der Waals surface area contributed by atoms with Crippen molar-refractivity contribution in [3.05, 3.63) is 63.1 Å². The Morgan fingerprint density at radius 2 is 1.74 bits per heavy atom. The van der Waals surface area contributed by atoms with Crippen LogP contribution in [0.1, 0.15) is 18.1 Å². The standard InChI is InChI=1S/C21H22BrClF3N3O4S/c1-13(20(31)27-2)28(11-14-4-6-15(22)7-5-14)19(30)12-29(34(3,32)33)16-8-9-18(23)17(10-16)21(24,25)26/h4-10,13H,11-12H2,1-3H3,(H,27,31). The Morgan fingerprint density at radius 1 is 1.15 bits per heavy atom. The van der Waals surface area contributed by atoms with E-state index < -0.39 is 51.2 Å². The molecule has 1 unspecified atom stereocenters. The van der Waals surface area contributed by atoms with Crippen molar-refractivity contribution in [1.29, 1.82) is 0 Å². The number of carbonyl (C=O) groups excluding carboxylic acids is 2. The van der Waals surface area contributed by atoms with Crippen LogP contribution in [0, 0.1) is 0 Å². The molecule has 2 aromatic carbocycles. The summed E-state index contributed by atoms with van der Waals surface area (Å²) in [6.07, 6.45) is -4.06. The quantitative estimate of drug-likeness (QED) is 0.507. The van der Waals surface area contributed by atoms with Crippen molar-refractivity contribution in [2.24, 2.45) is 0 Å². The zero-order chi connectivity index (χ0) is 25.8. The number of halogens is 5. The maximum absolute atomic E-state index is 13.3. The zero-order valence-electron chi connectivity index (χ0n) is 18.4. The molecule has 0 heterocycles. The van der Waals surface area contributed by atoms with Gasteiger partial charge in [0.2, 0.25) is 21.8 Å². The van der Waals surface area contributed by atoms with Crippen molar-refractivity contribution >= 4 is 55.1 Å². The number of rotatable bonds is 8. The molecule has 2 amide bonds. The minimum Gasteiger partial charge on any atom is -0.357 e. The molecule has 2 aromatic rings. The van der Waals surface area contributed by atoms with Crippen LogP contribution in [-0.2, 0) is 32.3 Å². The van der Waals surface area contributed by atoms with Crippen molar-refractivity contribution in [3.63, 3.8) is 0 Å². The summed E-state index contributed by atoms with van der Waals surface area (Å²) >= 11 is 8.94. The van der Waals surface area contributed by atoms with Gasteiger partial charge in [-0.3, -0.25) is 13.9 Å². The van der Waals surface area contributed by atoms with Crippen molar-refractivity contribution in [1.82, 2.24) is 10.2 Å². The van der Waals surface area contributed by atoms with E-state index in [1.54, 1.807) is 24.3 Å². The van der Waals surface area contributed by atoms with E-state index in [0.717, 1.165) is 27.8 Å². The first-order valence-electron chi connectivity index (χ1n) is 9.75. The molecule has 0 spiro atoms. The van der Waals surface area contributed by atoms with E-state index in [1.807, 2.05) is 0 Å². The molecule has 0 aliphatic rings. The highest BCUT2D eigenvalue weighted by atomic mass is 79.9. The molecule has 34 heavy (non-hydrogen) atoms. The molecular weight excluding hydrogens is 563 g/mol. The number of hydrogen-bond donors (Lipinski definition) is 1. The topological polar surface area (TPSA) is 86.8 Å². The first-order valence-corrected chi connectivity index (χ1v) is 12.8. The van der Waals surface area contributed by atoms with Crippen LogP contribution in [0.15, 0.2) is 46.9 Å². The maximum atomic E-state index is 13.3. The average Bonchev–Trinajstić information content (AvgIpc) is 2.74.